The van der Waals surface area contributed by atoms with Gasteiger partial charge in [0.25, 0.3) is 0 Å². The lowest BCUT2D eigenvalue weighted by Gasteiger charge is -2.17. The molecule has 10 heteroatoms. The van der Waals surface area contributed by atoms with Crippen LogP contribution in [0.2, 0.25) is 0 Å². The summed E-state index contributed by atoms with van der Waals surface area (Å²) in [6.07, 6.45) is 0. The number of hydrogen-bond donors (Lipinski definition) is 6. The predicted molar refractivity (Wildman–Crippen MR) is 87.7 cm³/mol. The SMILES string of the molecule is NC(=O)N(N)c1ccc(-c2ccc(N(N)C(N)=O)c(O)c2)cc1O. The Kier molecular flexibility index (Phi) is 4.44. The molecule has 0 aliphatic carbocycles. The molecular formula is C14H16N6O4. The standard InChI is InChI=1S/C14H16N6O4/c15-13(23)19(17)9-3-1-7(5-11(9)21)8-2-4-10(12(22)6-8)20(18)14(16)24/h1-6,21-22H,17-18H2,(H2,15,23)(H2,16,24). The zero-order valence-electron chi connectivity index (χ0n) is 12.4. The molecule has 4 amide bonds. The third kappa shape index (κ3) is 3.14. The van der Waals surface area contributed by atoms with E-state index in [0.29, 0.717) is 21.1 Å². The Morgan fingerprint density at radius 1 is 0.750 bits per heavy atom. The van der Waals surface area contributed by atoms with Gasteiger partial charge >= 0.3 is 12.1 Å². The van der Waals surface area contributed by atoms with Gasteiger partial charge in [-0.15, -0.1) is 0 Å². The number of carbonyl (C=O) groups excluding carboxylic acids is 2. The van der Waals surface area contributed by atoms with Gasteiger partial charge in [-0.3, -0.25) is 0 Å². The number of anilines is 2. The summed E-state index contributed by atoms with van der Waals surface area (Å²) in [5.74, 6) is 10.3. The fourth-order valence-electron chi connectivity index (χ4n) is 2.05. The molecule has 0 bridgehead atoms. The van der Waals surface area contributed by atoms with Crippen LogP contribution < -0.4 is 33.2 Å². The quantitative estimate of drug-likeness (QED) is 0.266. The van der Waals surface area contributed by atoms with Crippen LogP contribution in [0.1, 0.15) is 0 Å². The Morgan fingerprint density at radius 3 is 1.33 bits per heavy atom. The molecule has 0 radical (unpaired) electrons. The highest BCUT2D eigenvalue weighted by molar-refractivity contribution is 5.93. The van der Waals surface area contributed by atoms with Crippen molar-refractivity contribution < 1.29 is 19.8 Å². The monoisotopic (exact) mass is 332 g/mol. The molecule has 10 N–H and O–H groups in total. The van der Waals surface area contributed by atoms with Crippen LogP contribution in [0.25, 0.3) is 11.1 Å². The Labute approximate surface area is 136 Å². The summed E-state index contributed by atoms with van der Waals surface area (Å²) in [7, 11) is 0. The second-order valence-electron chi connectivity index (χ2n) is 4.82. The number of nitrogens with two attached hydrogens (primary N) is 4. The summed E-state index contributed by atoms with van der Waals surface area (Å²) in [4.78, 5) is 22.1. The number of amides is 4. The molecule has 126 valence electrons. The third-order valence-corrected chi connectivity index (χ3v) is 3.28. The number of aromatic hydroxyl groups is 2. The van der Waals surface area contributed by atoms with Gasteiger partial charge in [0.2, 0.25) is 0 Å². The lowest BCUT2D eigenvalue weighted by molar-refractivity contribution is 0.253. The van der Waals surface area contributed by atoms with E-state index in [0.717, 1.165) is 0 Å². The van der Waals surface area contributed by atoms with Crippen LogP contribution in [-0.4, -0.2) is 22.3 Å². The molecule has 0 heterocycles. The van der Waals surface area contributed by atoms with Crippen LogP contribution in [-0.2, 0) is 0 Å². The number of hydrazine groups is 2. The highest BCUT2D eigenvalue weighted by atomic mass is 16.3. The van der Waals surface area contributed by atoms with Gasteiger partial charge in [-0.1, -0.05) is 12.1 Å². The second kappa shape index (κ2) is 6.32. The highest BCUT2D eigenvalue weighted by Crippen LogP contribution is 2.35. The average molecular weight is 332 g/mol. The number of phenols is 2. The van der Waals surface area contributed by atoms with E-state index < -0.39 is 12.1 Å². The molecule has 0 aliphatic heterocycles. The minimum Gasteiger partial charge on any atom is -0.506 e. The lowest BCUT2D eigenvalue weighted by atomic mass is 10.0. The first-order chi connectivity index (χ1) is 11.2. The van der Waals surface area contributed by atoms with E-state index >= 15 is 0 Å². The molecular weight excluding hydrogens is 316 g/mol. The van der Waals surface area contributed by atoms with E-state index in [1.54, 1.807) is 12.1 Å². The zero-order chi connectivity index (χ0) is 18.0. The van der Waals surface area contributed by atoms with Crippen molar-refractivity contribution in [3.63, 3.8) is 0 Å². The lowest BCUT2D eigenvalue weighted by Crippen LogP contribution is -2.41. The van der Waals surface area contributed by atoms with Crippen molar-refractivity contribution in [2.75, 3.05) is 10.0 Å². The largest absolute Gasteiger partial charge is 0.506 e. The summed E-state index contributed by atoms with van der Waals surface area (Å²) in [6.45, 7) is 0. The normalized spacial score (nSPS) is 10.2. The van der Waals surface area contributed by atoms with Crippen molar-refractivity contribution in [1.29, 1.82) is 0 Å². The molecule has 10 nitrogen and oxygen atoms in total. The minimum absolute atomic E-state index is 0.0222. The zero-order valence-corrected chi connectivity index (χ0v) is 12.4. The maximum atomic E-state index is 11.0. The van der Waals surface area contributed by atoms with Gasteiger partial charge in [-0.05, 0) is 35.4 Å². The van der Waals surface area contributed by atoms with Crippen LogP contribution in [0, 0.1) is 0 Å². The van der Waals surface area contributed by atoms with Crippen molar-refractivity contribution in [3.05, 3.63) is 36.4 Å². The van der Waals surface area contributed by atoms with Gasteiger partial charge in [0, 0.05) is 0 Å². The number of urea groups is 2. The molecule has 0 aliphatic rings. The first-order valence-electron chi connectivity index (χ1n) is 6.57. The highest BCUT2D eigenvalue weighted by Gasteiger charge is 2.15. The van der Waals surface area contributed by atoms with E-state index in [1.807, 2.05) is 0 Å². The Balaban J connectivity index is 2.39. The van der Waals surface area contributed by atoms with Gasteiger partial charge in [0.15, 0.2) is 0 Å². The van der Waals surface area contributed by atoms with E-state index in [-0.39, 0.29) is 22.9 Å². The summed E-state index contributed by atoms with van der Waals surface area (Å²) >= 11 is 0. The maximum Gasteiger partial charge on any atom is 0.333 e. The fourth-order valence-corrected chi connectivity index (χ4v) is 2.05. The summed E-state index contributed by atoms with van der Waals surface area (Å²) < 4.78 is 0. The van der Waals surface area contributed by atoms with Crippen LogP contribution in [0.15, 0.2) is 36.4 Å². The first-order valence-corrected chi connectivity index (χ1v) is 6.57. The summed E-state index contributed by atoms with van der Waals surface area (Å²) in [5.41, 5.74) is 11.1. The van der Waals surface area contributed by atoms with E-state index in [4.69, 9.17) is 23.2 Å². The smallest absolute Gasteiger partial charge is 0.333 e. The number of hydrogen-bond acceptors (Lipinski definition) is 6. The molecule has 0 aromatic heterocycles. The molecule has 0 saturated carbocycles. The molecule has 2 aromatic carbocycles. The average Bonchev–Trinajstić information content (AvgIpc) is 2.53. The van der Waals surface area contributed by atoms with Crippen molar-refractivity contribution in [2.24, 2.45) is 23.2 Å². The van der Waals surface area contributed by atoms with Gasteiger partial charge in [0.1, 0.15) is 22.9 Å². The molecule has 0 spiro atoms. The van der Waals surface area contributed by atoms with E-state index in [1.165, 1.54) is 24.3 Å². The molecule has 0 unspecified atom stereocenters. The predicted octanol–water partition coefficient (Wildman–Crippen LogP) is 0.282. The molecule has 0 saturated heterocycles. The van der Waals surface area contributed by atoms with Crippen molar-refractivity contribution >= 4 is 23.4 Å². The molecule has 2 aromatic rings. The Hall–Kier alpha value is -3.50. The number of carbonyl (C=O) groups is 2. The molecule has 2 rings (SSSR count). The van der Waals surface area contributed by atoms with Crippen LogP contribution >= 0.6 is 0 Å². The van der Waals surface area contributed by atoms with E-state index in [2.05, 4.69) is 0 Å². The molecule has 24 heavy (non-hydrogen) atoms. The van der Waals surface area contributed by atoms with Crippen LogP contribution in [0.3, 0.4) is 0 Å². The van der Waals surface area contributed by atoms with Crippen molar-refractivity contribution in [2.45, 2.75) is 0 Å². The summed E-state index contributed by atoms with van der Waals surface area (Å²) in [6, 6.07) is 6.69. The first kappa shape index (κ1) is 16.9. The third-order valence-electron chi connectivity index (χ3n) is 3.28. The number of phenolic OH excluding ortho intramolecular Hbond substituents is 2. The van der Waals surface area contributed by atoms with Crippen LogP contribution in [0.5, 0.6) is 11.5 Å². The van der Waals surface area contributed by atoms with Gasteiger partial charge in [-0.25, -0.2) is 31.3 Å². The van der Waals surface area contributed by atoms with Gasteiger partial charge < -0.3 is 21.7 Å². The summed E-state index contributed by atoms with van der Waals surface area (Å²) in [5, 5.41) is 21.1. The Morgan fingerprint density at radius 2 is 1.08 bits per heavy atom. The second-order valence-corrected chi connectivity index (χ2v) is 4.82. The van der Waals surface area contributed by atoms with E-state index in [9.17, 15) is 19.8 Å². The number of nitrogens with zero attached hydrogens (tertiary/aromatic N) is 2. The topological polar surface area (TPSA) is 185 Å². The number of primary amides is 2. The van der Waals surface area contributed by atoms with Crippen LogP contribution in [0.4, 0.5) is 21.0 Å². The Bertz CT molecular complexity index is 742. The van der Waals surface area contributed by atoms with Crippen molar-refractivity contribution in [3.8, 4) is 22.6 Å². The molecule has 0 atom stereocenters. The fraction of sp³-hybridized carbons (Fsp3) is 0. The maximum absolute atomic E-state index is 11.0. The minimum atomic E-state index is -0.936. The van der Waals surface area contributed by atoms with Gasteiger partial charge in [0.05, 0.1) is 0 Å². The number of rotatable bonds is 3. The molecule has 0 fully saturated rings. The number of benzene rings is 2. The van der Waals surface area contributed by atoms with Gasteiger partial charge in [-0.2, -0.15) is 0 Å². The van der Waals surface area contributed by atoms with Crippen molar-refractivity contribution in [1.82, 2.24) is 0 Å².